The number of ether oxygens (including phenoxy) is 1. The molecule has 1 aliphatic heterocycles. The van der Waals surface area contributed by atoms with Crippen LogP contribution in [0.15, 0.2) is 53.0 Å². The van der Waals surface area contributed by atoms with Crippen LogP contribution in [0.5, 0.6) is 5.75 Å². The smallest absolute Gasteiger partial charge is 0.122 e. The third-order valence-corrected chi connectivity index (χ3v) is 5.31. The van der Waals surface area contributed by atoms with Crippen LogP contribution < -0.4 is 4.74 Å². The van der Waals surface area contributed by atoms with Gasteiger partial charge in [-0.25, -0.2) is 0 Å². The average Bonchev–Trinajstić information content (AvgIpc) is 2.92. The van der Waals surface area contributed by atoms with Crippen LogP contribution in [-0.2, 0) is 6.42 Å². The van der Waals surface area contributed by atoms with E-state index < -0.39 is 0 Å². The summed E-state index contributed by atoms with van der Waals surface area (Å²) in [5, 5.41) is 0. The minimum Gasteiger partial charge on any atom is -0.493 e. The summed E-state index contributed by atoms with van der Waals surface area (Å²) in [5.41, 5.74) is 2.66. The highest BCUT2D eigenvalue weighted by Crippen LogP contribution is 2.38. The van der Waals surface area contributed by atoms with Gasteiger partial charge in [0.1, 0.15) is 5.75 Å². The zero-order valence-electron chi connectivity index (χ0n) is 11.8. The zero-order valence-corrected chi connectivity index (χ0v) is 14.1. The van der Waals surface area contributed by atoms with Gasteiger partial charge in [-0.05, 0) is 36.5 Å². The van der Waals surface area contributed by atoms with Crippen molar-refractivity contribution in [3.05, 3.63) is 64.1 Å². The van der Waals surface area contributed by atoms with Crippen LogP contribution >= 0.6 is 27.5 Å². The molecular formula is C18H18BrClO. The van der Waals surface area contributed by atoms with Crippen LogP contribution in [0, 0.1) is 5.92 Å². The molecule has 3 heteroatoms. The fourth-order valence-corrected chi connectivity index (χ4v) is 3.68. The molecule has 0 saturated carbocycles. The lowest BCUT2D eigenvalue weighted by atomic mass is 9.87. The first-order valence-corrected chi connectivity index (χ1v) is 8.61. The minimum atomic E-state index is 0.463. The Bertz CT molecular complexity index is 614. The SMILES string of the molecule is ClCC(Cc1ccccc1Br)CC1COc2ccccc21. The lowest BCUT2D eigenvalue weighted by Gasteiger charge is -2.18. The third-order valence-electron chi connectivity index (χ3n) is 4.10. The largest absolute Gasteiger partial charge is 0.493 e. The first-order valence-electron chi connectivity index (χ1n) is 7.29. The van der Waals surface area contributed by atoms with Crippen molar-refractivity contribution < 1.29 is 4.74 Å². The first-order chi connectivity index (χ1) is 10.3. The normalized spacial score (nSPS) is 18.1. The minimum absolute atomic E-state index is 0.463. The van der Waals surface area contributed by atoms with Crippen molar-refractivity contribution in [1.82, 2.24) is 0 Å². The Kier molecular flexibility index (Phi) is 4.87. The molecule has 2 atom stereocenters. The predicted molar refractivity (Wildman–Crippen MR) is 91.4 cm³/mol. The molecule has 1 aliphatic rings. The summed E-state index contributed by atoms with van der Waals surface area (Å²) in [6, 6.07) is 16.7. The Morgan fingerprint density at radius 2 is 1.90 bits per heavy atom. The maximum absolute atomic E-state index is 6.22. The number of alkyl halides is 1. The summed E-state index contributed by atoms with van der Waals surface area (Å²) >= 11 is 9.84. The molecule has 0 spiro atoms. The number of hydrogen-bond donors (Lipinski definition) is 0. The van der Waals surface area contributed by atoms with Crippen molar-refractivity contribution >= 4 is 27.5 Å². The topological polar surface area (TPSA) is 9.23 Å². The maximum atomic E-state index is 6.22. The van der Waals surface area contributed by atoms with Gasteiger partial charge in [-0.2, -0.15) is 0 Å². The average molecular weight is 366 g/mol. The van der Waals surface area contributed by atoms with E-state index in [1.54, 1.807) is 0 Å². The van der Waals surface area contributed by atoms with Gasteiger partial charge in [-0.1, -0.05) is 52.3 Å². The van der Waals surface area contributed by atoms with E-state index in [9.17, 15) is 0 Å². The fraction of sp³-hybridized carbons (Fsp3) is 0.333. The lowest BCUT2D eigenvalue weighted by Crippen LogP contribution is -2.13. The van der Waals surface area contributed by atoms with E-state index in [4.69, 9.17) is 16.3 Å². The van der Waals surface area contributed by atoms with Gasteiger partial charge < -0.3 is 4.74 Å². The van der Waals surface area contributed by atoms with Gasteiger partial charge in [-0.15, -0.1) is 11.6 Å². The number of benzene rings is 2. The standard InChI is InChI=1S/C18H18BrClO/c19-17-7-3-1-5-14(17)9-13(11-20)10-15-12-21-18-8-4-2-6-16(15)18/h1-8,13,15H,9-12H2. The molecule has 0 fully saturated rings. The van der Waals surface area contributed by atoms with Crippen LogP contribution in [0.4, 0.5) is 0 Å². The van der Waals surface area contributed by atoms with Gasteiger partial charge in [0.25, 0.3) is 0 Å². The molecule has 0 amide bonds. The summed E-state index contributed by atoms with van der Waals surface area (Å²) in [7, 11) is 0. The highest BCUT2D eigenvalue weighted by molar-refractivity contribution is 9.10. The summed E-state index contributed by atoms with van der Waals surface area (Å²) in [4.78, 5) is 0. The van der Waals surface area contributed by atoms with Gasteiger partial charge in [0.05, 0.1) is 6.61 Å². The molecule has 0 aliphatic carbocycles. The molecule has 3 rings (SSSR count). The molecular weight excluding hydrogens is 348 g/mol. The third kappa shape index (κ3) is 3.44. The Morgan fingerprint density at radius 3 is 2.71 bits per heavy atom. The monoisotopic (exact) mass is 364 g/mol. The molecule has 0 aromatic heterocycles. The van der Waals surface area contributed by atoms with Gasteiger partial charge in [0.15, 0.2) is 0 Å². The van der Waals surface area contributed by atoms with Crippen LogP contribution in [0.1, 0.15) is 23.5 Å². The molecule has 2 aromatic carbocycles. The quantitative estimate of drug-likeness (QED) is 0.643. The second-order valence-corrected chi connectivity index (χ2v) is 6.76. The van der Waals surface area contributed by atoms with Crippen molar-refractivity contribution in [2.75, 3.05) is 12.5 Å². The van der Waals surface area contributed by atoms with Gasteiger partial charge in [-0.3, -0.25) is 0 Å². The van der Waals surface area contributed by atoms with E-state index in [-0.39, 0.29) is 0 Å². The molecule has 0 bridgehead atoms. The van der Waals surface area contributed by atoms with E-state index in [2.05, 4.69) is 52.3 Å². The summed E-state index contributed by atoms with van der Waals surface area (Å²) in [6.07, 6.45) is 2.07. The van der Waals surface area contributed by atoms with Gasteiger partial charge in [0, 0.05) is 21.8 Å². The molecule has 21 heavy (non-hydrogen) atoms. The molecule has 0 N–H and O–H groups in total. The Labute approximate surface area is 139 Å². The predicted octanol–water partition coefficient (Wildman–Crippen LogP) is 5.41. The second-order valence-electron chi connectivity index (χ2n) is 5.60. The van der Waals surface area contributed by atoms with Gasteiger partial charge in [0.2, 0.25) is 0 Å². The fourth-order valence-electron chi connectivity index (χ4n) is 3.00. The number of hydrogen-bond acceptors (Lipinski definition) is 1. The molecule has 110 valence electrons. The molecule has 0 radical (unpaired) electrons. The van der Waals surface area contributed by atoms with Crippen LogP contribution in [-0.4, -0.2) is 12.5 Å². The highest BCUT2D eigenvalue weighted by Gasteiger charge is 2.26. The molecule has 2 aromatic rings. The number of rotatable bonds is 5. The van der Waals surface area contributed by atoms with Crippen molar-refractivity contribution in [2.24, 2.45) is 5.92 Å². The van der Waals surface area contributed by atoms with Crippen LogP contribution in [0.25, 0.3) is 0 Å². The van der Waals surface area contributed by atoms with Crippen LogP contribution in [0.2, 0.25) is 0 Å². The number of fused-ring (bicyclic) bond motifs is 1. The second kappa shape index (κ2) is 6.85. The van der Waals surface area contributed by atoms with Gasteiger partial charge >= 0.3 is 0 Å². The van der Waals surface area contributed by atoms with Crippen molar-refractivity contribution in [3.63, 3.8) is 0 Å². The number of para-hydroxylation sites is 1. The lowest BCUT2D eigenvalue weighted by molar-refractivity contribution is 0.310. The molecule has 1 heterocycles. The highest BCUT2D eigenvalue weighted by atomic mass is 79.9. The summed E-state index contributed by atoms with van der Waals surface area (Å²) < 4.78 is 6.95. The molecule has 1 nitrogen and oxygen atoms in total. The maximum Gasteiger partial charge on any atom is 0.122 e. The van der Waals surface area contributed by atoms with E-state index >= 15 is 0 Å². The van der Waals surface area contributed by atoms with E-state index in [1.165, 1.54) is 15.6 Å². The zero-order chi connectivity index (χ0) is 14.7. The Balaban J connectivity index is 1.70. The van der Waals surface area contributed by atoms with Crippen molar-refractivity contribution in [1.29, 1.82) is 0 Å². The van der Waals surface area contributed by atoms with Crippen LogP contribution in [0.3, 0.4) is 0 Å². The molecule has 0 saturated heterocycles. The summed E-state index contributed by atoms with van der Waals surface area (Å²) in [6.45, 7) is 0.780. The van der Waals surface area contributed by atoms with Crippen molar-refractivity contribution in [3.8, 4) is 5.75 Å². The van der Waals surface area contributed by atoms with E-state index in [0.29, 0.717) is 17.7 Å². The van der Waals surface area contributed by atoms with Crippen molar-refractivity contribution in [2.45, 2.75) is 18.8 Å². The Hall–Kier alpha value is -0.990. The summed E-state index contributed by atoms with van der Waals surface area (Å²) in [5.74, 6) is 2.65. The van der Waals surface area contributed by atoms with E-state index in [0.717, 1.165) is 25.2 Å². The number of halogens is 2. The molecule has 2 unspecified atom stereocenters. The van der Waals surface area contributed by atoms with E-state index in [1.807, 2.05) is 12.1 Å². The first kappa shape index (κ1) is 14.9. The Morgan fingerprint density at radius 1 is 1.14 bits per heavy atom.